The van der Waals surface area contributed by atoms with E-state index in [1.807, 2.05) is 48.5 Å². The highest BCUT2D eigenvalue weighted by Gasteiger charge is 2.31. The predicted octanol–water partition coefficient (Wildman–Crippen LogP) is 3.65. The van der Waals surface area contributed by atoms with Gasteiger partial charge in [0.1, 0.15) is 5.75 Å². The molecule has 3 rings (SSSR count). The van der Waals surface area contributed by atoms with Crippen molar-refractivity contribution in [2.45, 2.75) is 12.3 Å². The number of fused-ring (bicyclic) bond motifs is 1. The lowest BCUT2D eigenvalue weighted by Gasteiger charge is -2.21. The second kappa shape index (κ2) is 5.40. The van der Waals surface area contributed by atoms with E-state index in [1.54, 1.807) is 13.2 Å². The summed E-state index contributed by atoms with van der Waals surface area (Å²) < 4.78 is 5.14. The highest BCUT2D eigenvalue weighted by Crippen LogP contribution is 2.36. The molecule has 2 aromatic rings. The van der Waals surface area contributed by atoms with Crippen molar-refractivity contribution >= 4 is 6.08 Å². The summed E-state index contributed by atoms with van der Waals surface area (Å²) in [6.07, 6.45) is 2.34. The molecular formula is C17H15NO3. The van der Waals surface area contributed by atoms with E-state index in [0.29, 0.717) is 6.42 Å². The Hall–Kier alpha value is -2.62. The Bertz CT molecular complexity index is 704. The number of benzene rings is 2. The van der Waals surface area contributed by atoms with E-state index in [4.69, 9.17) is 4.74 Å². The molecule has 0 aromatic heterocycles. The largest absolute Gasteiger partial charge is 0.497 e. The maximum atomic E-state index is 11.4. The molecule has 0 spiro atoms. The molecule has 0 saturated carbocycles. The third-order valence-electron chi connectivity index (χ3n) is 3.87. The highest BCUT2D eigenvalue weighted by molar-refractivity contribution is 5.61. The summed E-state index contributed by atoms with van der Waals surface area (Å²) >= 11 is 0. The van der Waals surface area contributed by atoms with Crippen LogP contribution in [-0.2, 0) is 6.42 Å². The van der Waals surface area contributed by atoms with Crippen LogP contribution in [0.1, 0.15) is 22.6 Å². The van der Waals surface area contributed by atoms with Gasteiger partial charge in [-0.3, -0.25) is 10.1 Å². The number of nitrogens with zero attached hydrogens (tertiary/aromatic N) is 1. The van der Waals surface area contributed by atoms with Crippen LogP contribution in [0.4, 0.5) is 0 Å². The zero-order valence-electron chi connectivity index (χ0n) is 11.7. The Morgan fingerprint density at radius 2 is 1.86 bits per heavy atom. The van der Waals surface area contributed by atoms with E-state index in [2.05, 4.69) is 0 Å². The van der Waals surface area contributed by atoms with Crippen LogP contribution in [0.3, 0.4) is 0 Å². The van der Waals surface area contributed by atoms with E-state index in [9.17, 15) is 10.1 Å². The fourth-order valence-electron chi connectivity index (χ4n) is 2.75. The van der Waals surface area contributed by atoms with Crippen LogP contribution in [0, 0.1) is 10.1 Å². The summed E-state index contributed by atoms with van der Waals surface area (Å²) in [6.45, 7) is 0. The minimum Gasteiger partial charge on any atom is -0.497 e. The van der Waals surface area contributed by atoms with Gasteiger partial charge < -0.3 is 4.74 Å². The Balaban J connectivity index is 2.03. The molecule has 1 atom stereocenters. The number of hydrogen-bond donors (Lipinski definition) is 0. The smallest absolute Gasteiger partial charge is 0.254 e. The van der Waals surface area contributed by atoms with Crippen molar-refractivity contribution in [3.05, 3.63) is 81.0 Å². The fourth-order valence-corrected chi connectivity index (χ4v) is 2.75. The average molecular weight is 281 g/mol. The molecule has 1 unspecified atom stereocenters. The van der Waals surface area contributed by atoms with E-state index in [1.165, 1.54) is 0 Å². The van der Waals surface area contributed by atoms with Crippen LogP contribution in [0.2, 0.25) is 0 Å². The van der Waals surface area contributed by atoms with Gasteiger partial charge in [0.15, 0.2) is 0 Å². The summed E-state index contributed by atoms with van der Waals surface area (Å²) in [5.41, 5.74) is 3.27. The lowest BCUT2D eigenvalue weighted by Crippen LogP contribution is -2.17. The van der Waals surface area contributed by atoms with E-state index < -0.39 is 0 Å². The zero-order valence-corrected chi connectivity index (χ0v) is 11.7. The summed E-state index contributed by atoms with van der Waals surface area (Å²) in [5.74, 6) is 0.530. The molecule has 1 aliphatic carbocycles. The van der Waals surface area contributed by atoms with Crippen molar-refractivity contribution in [2.75, 3.05) is 7.11 Å². The van der Waals surface area contributed by atoms with Gasteiger partial charge in [-0.1, -0.05) is 36.4 Å². The molecule has 0 radical (unpaired) electrons. The molecule has 0 saturated heterocycles. The van der Waals surface area contributed by atoms with Crippen molar-refractivity contribution in [2.24, 2.45) is 0 Å². The molecule has 0 fully saturated rings. The van der Waals surface area contributed by atoms with Crippen LogP contribution in [0.5, 0.6) is 5.75 Å². The number of methoxy groups -OCH3 is 1. The number of nitro groups is 1. The number of ether oxygens (including phenoxy) is 1. The first-order chi connectivity index (χ1) is 10.2. The monoisotopic (exact) mass is 281 g/mol. The van der Waals surface area contributed by atoms with Gasteiger partial charge in [-0.25, -0.2) is 0 Å². The molecule has 21 heavy (non-hydrogen) atoms. The van der Waals surface area contributed by atoms with Gasteiger partial charge in [0.05, 0.1) is 18.0 Å². The Labute approximate surface area is 122 Å². The van der Waals surface area contributed by atoms with Crippen molar-refractivity contribution in [1.82, 2.24) is 0 Å². The standard InChI is InChI=1S/C17H15NO3/c1-21-15-8-6-12(7-9-15)16-10-13-4-2-3-5-14(13)11-17(16)18(19)20/h2-9,11,16H,10H2,1H3. The van der Waals surface area contributed by atoms with Gasteiger partial charge in [-0.05, 0) is 35.2 Å². The summed E-state index contributed by atoms with van der Waals surface area (Å²) in [4.78, 5) is 11.1. The van der Waals surface area contributed by atoms with Gasteiger partial charge in [0, 0.05) is 6.08 Å². The first kappa shape index (κ1) is 13.4. The molecular weight excluding hydrogens is 266 g/mol. The normalized spacial score (nSPS) is 16.8. The minimum atomic E-state index is -0.273. The number of rotatable bonds is 3. The summed E-state index contributed by atoms with van der Waals surface area (Å²) in [6, 6.07) is 15.3. The molecule has 1 aliphatic rings. The Morgan fingerprint density at radius 3 is 2.52 bits per heavy atom. The first-order valence-electron chi connectivity index (χ1n) is 6.77. The molecule has 0 aliphatic heterocycles. The molecule has 4 heteroatoms. The third-order valence-corrected chi connectivity index (χ3v) is 3.87. The van der Waals surface area contributed by atoms with Crippen LogP contribution < -0.4 is 4.74 Å². The quantitative estimate of drug-likeness (QED) is 0.637. The van der Waals surface area contributed by atoms with Crippen LogP contribution in [0.25, 0.3) is 6.08 Å². The van der Waals surface area contributed by atoms with Crippen molar-refractivity contribution in [1.29, 1.82) is 0 Å². The maximum Gasteiger partial charge on any atom is 0.254 e. The fraction of sp³-hybridized carbons (Fsp3) is 0.176. The van der Waals surface area contributed by atoms with Crippen LogP contribution >= 0.6 is 0 Å². The van der Waals surface area contributed by atoms with E-state index >= 15 is 0 Å². The van der Waals surface area contributed by atoms with Gasteiger partial charge in [-0.15, -0.1) is 0 Å². The molecule has 106 valence electrons. The van der Waals surface area contributed by atoms with Crippen LogP contribution in [0.15, 0.2) is 54.2 Å². The average Bonchev–Trinajstić information content (AvgIpc) is 2.53. The number of allylic oxidation sites excluding steroid dienone is 1. The summed E-state index contributed by atoms with van der Waals surface area (Å²) in [5, 5.41) is 11.4. The molecule has 4 nitrogen and oxygen atoms in total. The van der Waals surface area contributed by atoms with E-state index in [0.717, 1.165) is 22.4 Å². The SMILES string of the molecule is COc1ccc(C2Cc3ccccc3C=C2[N+](=O)[O-])cc1. The second-order valence-electron chi connectivity index (χ2n) is 5.05. The van der Waals surface area contributed by atoms with Gasteiger partial charge in [0.25, 0.3) is 5.70 Å². The van der Waals surface area contributed by atoms with Crippen molar-refractivity contribution < 1.29 is 9.66 Å². The molecule has 0 heterocycles. The molecule has 2 aromatic carbocycles. The Kier molecular flexibility index (Phi) is 3.44. The topological polar surface area (TPSA) is 52.4 Å². The predicted molar refractivity (Wildman–Crippen MR) is 80.9 cm³/mol. The van der Waals surface area contributed by atoms with Gasteiger partial charge >= 0.3 is 0 Å². The second-order valence-corrected chi connectivity index (χ2v) is 5.05. The maximum absolute atomic E-state index is 11.4. The third kappa shape index (κ3) is 2.52. The zero-order chi connectivity index (χ0) is 14.8. The van der Waals surface area contributed by atoms with Gasteiger partial charge in [-0.2, -0.15) is 0 Å². The van der Waals surface area contributed by atoms with Crippen molar-refractivity contribution in [3.8, 4) is 5.75 Å². The number of hydrogen-bond acceptors (Lipinski definition) is 3. The van der Waals surface area contributed by atoms with Crippen LogP contribution in [-0.4, -0.2) is 12.0 Å². The first-order valence-corrected chi connectivity index (χ1v) is 6.77. The lowest BCUT2D eigenvalue weighted by molar-refractivity contribution is -0.428. The van der Waals surface area contributed by atoms with Gasteiger partial charge in [0.2, 0.25) is 0 Å². The van der Waals surface area contributed by atoms with Crippen molar-refractivity contribution in [3.63, 3.8) is 0 Å². The summed E-state index contributed by atoms with van der Waals surface area (Å²) in [7, 11) is 1.61. The molecule has 0 N–H and O–H groups in total. The highest BCUT2D eigenvalue weighted by atomic mass is 16.6. The lowest BCUT2D eigenvalue weighted by atomic mass is 9.83. The molecule has 0 amide bonds. The molecule has 0 bridgehead atoms. The van der Waals surface area contributed by atoms with E-state index in [-0.39, 0.29) is 16.5 Å². The Morgan fingerprint density at radius 1 is 1.14 bits per heavy atom. The minimum absolute atomic E-state index is 0.221.